The van der Waals surface area contributed by atoms with Crippen LogP contribution in [0.3, 0.4) is 0 Å². The number of rotatable bonds is 5. The van der Waals surface area contributed by atoms with Crippen LogP contribution in [0.4, 0.5) is 11.4 Å². The van der Waals surface area contributed by atoms with Crippen molar-refractivity contribution >= 4 is 33.2 Å². The third kappa shape index (κ3) is 3.92. The van der Waals surface area contributed by atoms with E-state index in [4.69, 9.17) is 5.26 Å². The maximum Gasteiger partial charge on any atom is 0.270 e. The normalized spacial score (nSPS) is 10.1. The Morgan fingerprint density at radius 3 is 2.87 bits per heavy atom. The minimum atomic E-state index is -0.592. The molecule has 1 aromatic carbocycles. The average molecular weight is 378 g/mol. The van der Waals surface area contributed by atoms with Crippen LogP contribution in [0, 0.1) is 28.4 Å². The Labute approximate surface area is 140 Å². The van der Waals surface area contributed by atoms with Gasteiger partial charge in [-0.15, -0.1) is 0 Å². The molecule has 1 N–H and O–H groups in total. The highest BCUT2D eigenvalue weighted by Crippen LogP contribution is 2.21. The molecule has 9 heteroatoms. The Bertz CT molecular complexity index is 809. The minimum absolute atomic E-state index is 0.0468. The summed E-state index contributed by atoms with van der Waals surface area (Å²) in [6, 6.07) is 5.56. The van der Waals surface area contributed by atoms with Gasteiger partial charge >= 0.3 is 0 Å². The predicted octanol–water partition coefficient (Wildman–Crippen LogP) is 2.76. The molecule has 2 rings (SSSR count). The zero-order valence-electron chi connectivity index (χ0n) is 12.1. The molecule has 0 aliphatic carbocycles. The zero-order chi connectivity index (χ0) is 17.0. The maximum absolute atomic E-state index is 12.0. The number of nitriles is 1. The molecule has 8 nitrogen and oxygen atoms in total. The summed E-state index contributed by atoms with van der Waals surface area (Å²) in [5.41, 5.74) is 1.01. The van der Waals surface area contributed by atoms with Crippen LogP contribution in [0.1, 0.15) is 17.7 Å². The van der Waals surface area contributed by atoms with Gasteiger partial charge in [0.25, 0.3) is 5.69 Å². The molecule has 0 spiro atoms. The summed E-state index contributed by atoms with van der Waals surface area (Å²) in [7, 11) is 0. The van der Waals surface area contributed by atoms with Crippen LogP contribution in [-0.2, 0) is 11.3 Å². The van der Waals surface area contributed by atoms with Gasteiger partial charge in [-0.05, 0) is 28.9 Å². The van der Waals surface area contributed by atoms with Gasteiger partial charge in [0.2, 0.25) is 5.91 Å². The monoisotopic (exact) mass is 377 g/mol. The molecule has 118 valence electrons. The molecule has 1 aromatic heterocycles. The van der Waals surface area contributed by atoms with E-state index in [1.54, 1.807) is 10.9 Å². The first-order valence-corrected chi connectivity index (χ1v) is 7.38. The molecule has 1 amide bonds. The highest BCUT2D eigenvalue weighted by molar-refractivity contribution is 9.10. The molecule has 0 bridgehead atoms. The first kappa shape index (κ1) is 16.6. The fraction of sp³-hybridized carbons (Fsp3) is 0.214. The van der Waals surface area contributed by atoms with Crippen LogP contribution in [0.5, 0.6) is 0 Å². The van der Waals surface area contributed by atoms with Crippen molar-refractivity contribution in [1.29, 1.82) is 5.26 Å². The van der Waals surface area contributed by atoms with Crippen molar-refractivity contribution < 1.29 is 9.72 Å². The van der Waals surface area contributed by atoms with Crippen molar-refractivity contribution in [2.75, 3.05) is 5.32 Å². The van der Waals surface area contributed by atoms with Crippen molar-refractivity contribution in [2.45, 2.75) is 19.9 Å². The van der Waals surface area contributed by atoms with E-state index in [1.807, 2.05) is 13.0 Å². The second kappa shape index (κ2) is 7.02. The van der Waals surface area contributed by atoms with Gasteiger partial charge in [0, 0.05) is 24.2 Å². The summed E-state index contributed by atoms with van der Waals surface area (Å²) >= 11 is 3.34. The summed E-state index contributed by atoms with van der Waals surface area (Å²) < 4.78 is 2.55. The Balaban J connectivity index is 2.04. The van der Waals surface area contributed by atoms with E-state index in [0.717, 1.165) is 16.2 Å². The van der Waals surface area contributed by atoms with Gasteiger partial charge in [-0.3, -0.25) is 19.6 Å². The number of hydrogen-bond donors (Lipinski definition) is 1. The lowest BCUT2D eigenvalue weighted by atomic mass is 10.1. The van der Waals surface area contributed by atoms with Crippen molar-refractivity contribution in [3.63, 3.8) is 0 Å². The van der Waals surface area contributed by atoms with Gasteiger partial charge < -0.3 is 5.32 Å². The van der Waals surface area contributed by atoms with Crippen molar-refractivity contribution in [3.05, 3.63) is 50.2 Å². The van der Waals surface area contributed by atoms with E-state index >= 15 is 0 Å². The standard InChI is InChI=1S/C14H12BrN5O3/c1-9-12(15)8-17-19(9)5-4-14(21)18-13-3-2-11(20(22)23)6-10(13)7-16/h2-3,6,8H,4-5H2,1H3,(H,18,21). The van der Waals surface area contributed by atoms with Crippen molar-refractivity contribution in [2.24, 2.45) is 0 Å². The fourth-order valence-electron chi connectivity index (χ4n) is 1.92. The minimum Gasteiger partial charge on any atom is -0.325 e. The number of nitro groups is 1. The van der Waals surface area contributed by atoms with Crippen molar-refractivity contribution in [1.82, 2.24) is 9.78 Å². The van der Waals surface area contributed by atoms with E-state index in [1.165, 1.54) is 12.1 Å². The summed E-state index contributed by atoms with van der Waals surface area (Å²) in [6.07, 6.45) is 1.81. The molecular weight excluding hydrogens is 366 g/mol. The molecule has 0 fully saturated rings. The molecule has 0 saturated carbocycles. The lowest BCUT2D eigenvalue weighted by molar-refractivity contribution is -0.384. The lowest BCUT2D eigenvalue weighted by Gasteiger charge is -2.08. The maximum atomic E-state index is 12.0. The summed E-state index contributed by atoms with van der Waals surface area (Å²) in [6.45, 7) is 2.26. The smallest absolute Gasteiger partial charge is 0.270 e. The summed E-state index contributed by atoms with van der Waals surface area (Å²) in [5.74, 6) is -0.304. The number of nitrogens with one attached hydrogen (secondary N) is 1. The number of nitrogens with zero attached hydrogens (tertiary/aromatic N) is 4. The number of benzene rings is 1. The topological polar surface area (TPSA) is 114 Å². The molecule has 0 saturated heterocycles. The Morgan fingerprint density at radius 2 is 2.30 bits per heavy atom. The fourth-order valence-corrected chi connectivity index (χ4v) is 2.21. The van der Waals surface area contributed by atoms with Crippen LogP contribution in [-0.4, -0.2) is 20.6 Å². The van der Waals surface area contributed by atoms with Crippen LogP contribution < -0.4 is 5.32 Å². The van der Waals surface area contributed by atoms with Gasteiger partial charge in [0.05, 0.1) is 33.4 Å². The second-order valence-electron chi connectivity index (χ2n) is 4.70. The highest BCUT2D eigenvalue weighted by atomic mass is 79.9. The molecule has 0 aliphatic heterocycles. The zero-order valence-corrected chi connectivity index (χ0v) is 13.7. The largest absolute Gasteiger partial charge is 0.325 e. The second-order valence-corrected chi connectivity index (χ2v) is 5.55. The van der Waals surface area contributed by atoms with Crippen LogP contribution >= 0.6 is 15.9 Å². The van der Waals surface area contributed by atoms with E-state index in [2.05, 4.69) is 26.3 Å². The molecule has 0 aliphatic rings. The summed E-state index contributed by atoms with van der Waals surface area (Å²) in [4.78, 5) is 22.1. The number of hydrogen-bond acceptors (Lipinski definition) is 5. The van der Waals surface area contributed by atoms with Gasteiger partial charge in [-0.1, -0.05) is 0 Å². The summed E-state index contributed by atoms with van der Waals surface area (Å²) in [5, 5.41) is 26.4. The molecule has 0 atom stereocenters. The van der Waals surface area contributed by atoms with E-state index in [-0.39, 0.29) is 29.3 Å². The Hall–Kier alpha value is -2.73. The lowest BCUT2D eigenvalue weighted by Crippen LogP contribution is -2.16. The quantitative estimate of drug-likeness (QED) is 0.635. The molecule has 2 aromatic rings. The van der Waals surface area contributed by atoms with E-state index in [9.17, 15) is 14.9 Å². The number of nitro benzene ring substituents is 1. The number of aromatic nitrogens is 2. The molecular formula is C14H12BrN5O3. The van der Waals surface area contributed by atoms with Crippen molar-refractivity contribution in [3.8, 4) is 6.07 Å². The highest BCUT2D eigenvalue weighted by Gasteiger charge is 2.13. The Morgan fingerprint density at radius 1 is 1.57 bits per heavy atom. The third-order valence-electron chi connectivity index (χ3n) is 3.20. The number of aryl methyl sites for hydroxylation is 1. The Kier molecular flexibility index (Phi) is 5.08. The number of anilines is 1. The molecule has 0 radical (unpaired) electrons. The third-order valence-corrected chi connectivity index (χ3v) is 3.98. The molecule has 1 heterocycles. The molecule has 23 heavy (non-hydrogen) atoms. The number of carbonyl (C=O) groups excluding carboxylic acids is 1. The van der Waals surface area contributed by atoms with Crippen LogP contribution in [0.2, 0.25) is 0 Å². The SMILES string of the molecule is Cc1c(Br)cnn1CCC(=O)Nc1ccc([N+](=O)[O-])cc1C#N. The number of halogens is 1. The van der Waals surface area contributed by atoms with E-state index in [0.29, 0.717) is 6.54 Å². The first-order valence-electron chi connectivity index (χ1n) is 6.58. The van der Waals surface area contributed by atoms with Crippen LogP contribution in [0.25, 0.3) is 0 Å². The van der Waals surface area contributed by atoms with E-state index < -0.39 is 4.92 Å². The van der Waals surface area contributed by atoms with Gasteiger partial charge in [0.15, 0.2) is 0 Å². The average Bonchev–Trinajstić information content (AvgIpc) is 2.84. The van der Waals surface area contributed by atoms with Gasteiger partial charge in [-0.2, -0.15) is 10.4 Å². The van der Waals surface area contributed by atoms with Gasteiger partial charge in [-0.25, -0.2) is 0 Å². The number of non-ortho nitro benzene ring substituents is 1. The first-order chi connectivity index (χ1) is 10.9. The van der Waals surface area contributed by atoms with Gasteiger partial charge in [0.1, 0.15) is 6.07 Å². The number of carbonyl (C=O) groups is 1. The number of amides is 1. The van der Waals surface area contributed by atoms with Crippen LogP contribution in [0.15, 0.2) is 28.9 Å². The molecule has 0 unspecified atom stereocenters. The predicted molar refractivity (Wildman–Crippen MR) is 85.7 cm³/mol.